The van der Waals surface area contributed by atoms with Crippen molar-refractivity contribution in [1.29, 1.82) is 0 Å². The van der Waals surface area contributed by atoms with Crippen molar-refractivity contribution in [3.05, 3.63) is 24.3 Å². The summed E-state index contributed by atoms with van der Waals surface area (Å²) in [6, 6.07) is 5.87. The Kier molecular flexibility index (Phi) is 4.84. The van der Waals surface area contributed by atoms with E-state index in [1.165, 1.54) is 19.2 Å². The highest BCUT2D eigenvalue weighted by atomic mass is 32.2. The molecule has 0 radical (unpaired) electrons. The molecule has 116 valence electrons. The molecule has 0 amide bonds. The molecule has 1 aromatic carbocycles. The first-order valence-corrected chi connectivity index (χ1v) is 8.30. The minimum absolute atomic E-state index is 0.124. The number of ether oxygens (including phenoxy) is 1. The summed E-state index contributed by atoms with van der Waals surface area (Å²) < 4.78 is 32.3. The Morgan fingerprint density at radius 1 is 1.38 bits per heavy atom. The number of carbonyl (C=O) groups is 1. The zero-order chi connectivity index (χ0) is 15.5. The molecule has 21 heavy (non-hydrogen) atoms. The van der Waals surface area contributed by atoms with E-state index in [2.05, 4.69) is 4.72 Å². The summed E-state index contributed by atoms with van der Waals surface area (Å²) in [6.07, 6.45) is 2.31. The van der Waals surface area contributed by atoms with E-state index in [0.29, 0.717) is 31.4 Å². The maximum Gasteiger partial charge on any atom is 0.306 e. The van der Waals surface area contributed by atoms with Gasteiger partial charge >= 0.3 is 5.97 Å². The molecule has 0 saturated heterocycles. The van der Waals surface area contributed by atoms with Crippen molar-refractivity contribution in [2.45, 2.75) is 36.6 Å². The maximum atomic E-state index is 12.3. The average molecular weight is 313 g/mol. The number of carboxylic acids is 1. The van der Waals surface area contributed by atoms with Gasteiger partial charge in [0.2, 0.25) is 10.0 Å². The predicted molar refractivity (Wildman–Crippen MR) is 76.7 cm³/mol. The lowest BCUT2D eigenvalue weighted by atomic mass is 9.86. The number of benzene rings is 1. The molecule has 1 aliphatic rings. The van der Waals surface area contributed by atoms with Crippen molar-refractivity contribution in [1.82, 2.24) is 4.72 Å². The SMILES string of the molecule is COc1cccc(S(=O)(=O)NC2CCCC(C(=O)O)C2)c1. The highest BCUT2D eigenvalue weighted by Crippen LogP contribution is 2.26. The van der Waals surface area contributed by atoms with Crippen molar-refractivity contribution >= 4 is 16.0 Å². The molecular formula is C14H19NO5S. The van der Waals surface area contributed by atoms with Gasteiger partial charge in [0.1, 0.15) is 5.75 Å². The van der Waals surface area contributed by atoms with Crippen LogP contribution in [0.3, 0.4) is 0 Å². The van der Waals surface area contributed by atoms with Crippen LogP contribution in [-0.2, 0) is 14.8 Å². The van der Waals surface area contributed by atoms with Crippen LogP contribution >= 0.6 is 0 Å². The third-order valence-electron chi connectivity index (χ3n) is 3.70. The first-order valence-electron chi connectivity index (χ1n) is 6.81. The second-order valence-corrected chi connectivity index (χ2v) is 6.91. The van der Waals surface area contributed by atoms with E-state index < -0.39 is 21.9 Å². The zero-order valence-corrected chi connectivity index (χ0v) is 12.6. The van der Waals surface area contributed by atoms with E-state index in [-0.39, 0.29) is 10.9 Å². The smallest absolute Gasteiger partial charge is 0.306 e. The van der Waals surface area contributed by atoms with Crippen LogP contribution in [0.25, 0.3) is 0 Å². The Morgan fingerprint density at radius 3 is 2.81 bits per heavy atom. The highest BCUT2D eigenvalue weighted by Gasteiger charge is 2.30. The maximum absolute atomic E-state index is 12.3. The van der Waals surface area contributed by atoms with Crippen LogP contribution < -0.4 is 9.46 Å². The molecule has 0 heterocycles. The Balaban J connectivity index is 2.11. The minimum atomic E-state index is -3.66. The zero-order valence-electron chi connectivity index (χ0n) is 11.8. The fraction of sp³-hybridized carbons (Fsp3) is 0.500. The molecule has 2 rings (SSSR count). The van der Waals surface area contributed by atoms with E-state index >= 15 is 0 Å². The lowest BCUT2D eigenvalue weighted by Crippen LogP contribution is -2.39. The van der Waals surface area contributed by atoms with Gasteiger partial charge in [-0.25, -0.2) is 13.1 Å². The molecule has 1 fully saturated rings. The van der Waals surface area contributed by atoms with Gasteiger partial charge < -0.3 is 9.84 Å². The van der Waals surface area contributed by atoms with Crippen molar-refractivity contribution in [2.24, 2.45) is 5.92 Å². The van der Waals surface area contributed by atoms with Crippen molar-refractivity contribution in [3.8, 4) is 5.75 Å². The molecule has 1 aliphatic carbocycles. The van der Waals surface area contributed by atoms with Gasteiger partial charge in [0.05, 0.1) is 17.9 Å². The molecule has 0 aliphatic heterocycles. The van der Waals surface area contributed by atoms with Crippen LogP contribution in [0, 0.1) is 5.92 Å². The van der Waals surface area contributed by atoms with E-state index in [1.807, 2.05) is 0 Å². The van der Waals surface area contributed by atoms with Crippen LogP contribution in [0.1, 0.15) is 25.7 Å². The number of hydrogen-bond donors (Lipinski definition) is 2. The molecule has 0 aromatic heterocycles. The van der Waals surface area contributed by atoms with Gasteiger partial charge in [-0.05, 0) is 31.4 Å². The normalized spacial score (nSPS) is 22.7. The summed E-state index contributed by atoms with van der Waals surface area (Å²) in [5, 5.41) is 9.05. The summed E-state index contributed by atoms with van der Waals surface area (Å²) in [5.74, 6) is -0.873. The van der Waals surface area contributed by atoms with Gasteiger partial charge in [-0.3, -0.25) is 4.79 Å². The van der Waals surface area contributed by atoms with E-state index in [1.54, 1.807) is 12.1 Å². The highest BCUT2D eigenvalue weighted by molar-refractivity contribution is 7.89. The Morgan fingerprint density at radius 2 is 2.14 bits per heavy atom. The minimum Gasteiger partial charge on any atom is -0.497 e. The lowest BCUT2D eigenvalue weighted by molar-refractivity contribution is -0.143. The molecular weight excluding hydrogens is 294 g/mol. The number of nitrogens with one attached hydrogen (secondary N) is 1. The fourth-order valence-corrected chi connectivity index (χ4v) is 3.89. The van der Waals surface area contributed by atoms with Gasteiger partial charge in [0.25, 0.3) is 0 Å². The van der Waals surface area contributed by atoms with Crippen molar-refractivity contribution in [2.75, 3.05) is 7.11 Å². The summed E-state index contributed by atoms with van der Waals surface area (Å²) in [6.45, 7) is 0. The van der Waals surface area contributed by atoms with Crippen LogP contribution in [0.4, 0.5) is 0 Å². The molecule has 0 bridgehead atoms. The topological polar surface area (TPSA) is 92.7 Å². The van der Waals surface area contributed by atoms with E-state index in [0.717, 1.165) is 0 Å². The summed E-state index contributed by atoms with van der Waals surface area (Å²) in [7, 11) is -2.19. The molecule has 2 unspecified atom stereocenters. The number of aliphatic carboxylic acids is 1. The fourth-order valence-electron chi connectivity index (χ4n) is 2.58. The number of carboxylic acid groups (broad SMARTS) is 1. The molecule has 1 saturated carbocycles. The van der Waals surface area contributed by atoms with Crippen molar-refractivity contribution in [3.63, 3.8) is 0 Å². The first-order chi connectivity index (χ1) is 9.92. The molecule has 6 nitrogen and oxygen atoms in total. The van der Waals surface area contributed by atoms with Gasteiger partial charge in [-0.2, -0.15) is 0 Å². The summed E-state index contributed by atoms with van der Waals surface area (Å²) in [4.78, 5) is 11.1. The monoisotopic (exact) mass is 313 g/mol. The second-order valence-electron chi connectivity index (χ2n) is 5.20. The predicted octanol–water partition coefficient (Wildman–Crippen LogP) is 1.62. The largest absolute Gasteiger partial charge is 0.497 e. The third-order valence-corrected chi connectivity index (χ3v) is 5.21. The number of sulfonamides is 1. The Bertz CT molecular complexity index is 614. The molecule has 2 atom stereocenters. The second kappa shape index (κ2) is 6.44. The van der Waals surface area contributed by atoms with Crippen LogP contribution in [0.2, 0.25) is 0 Å². The summed E-state index contributed by atoms with van der Waals surface area (Å²) >= 11 is 0. The standard InChI is InChI=1S/C14H19NO5S/c1-20-12-6-3-7-13(9-12)21(18,19)15-11-5-2-4-10(8-11)14(16)17/h3,6-7,9-11,15H,2,4-5,8H2,1H3,(H,16,17). The Labute approximate surface area is 124 Å². The average Bonchev–Trinajstić information content (AvgIpc) is 2.47. The number of rotatable bonds is 5. The van der Waals surface area contributed by atoms with E-state index in [9.17, 15) is 13.2 Å². The van der Waals surface area contributed by atoms with Gasteiger partial charge in [0, 0.05) is 12.1 Å². The number of hydrogen-bond acceptors (Lipinski definition) is 4. The summed E-state index contributed by atoms with van der Waals surface area (Å²) in [5.41, 5.74) is 0. The molecule has 0 spiro atoms. The van der Waals surface area contributed by atoms with Crippen LogP contribution in [0.15, 0.2) is 29.2 Å². The van der Waals surface area contributed by atoms with E-state index in [4.69, 9.17) is 9.84 Å². The third kappa shape index (κ3) is 3.95. The molecule has 2 N–H and O–H groups in total. The molecule has 7 heteroatoms. The van der Waals surface area contributed by atoms with Crippen molar-refractivity contribution < 1.29 is 23.1 Å². The van der Waals surface area contributed by atoms with Gasteiger partial charge in [-0.15, -0.1) is 0 Å². The van der Waals surface area contributed by atoms with Crippen LogP contribution in [-0.4, -0.2) is 32.6 Å². The molecule has 1 aromatic rings. The first kappa shape index (κ1) is 15.8. The Hall–Kier alpha value is -1.60. The van der Waals surface area contributed by atoms with Crippen LogP contribution in [0.5, 0.6) is 5.75 Å². The van der Waals surface area contributed by atoms with Gasteiger partial charge in [0.15, 0.2) is 0 Å². The van der Waals surface area contributed by atoms with Gasteiger partial charge in [-0.1, -0.05) is 12.5 Å². The lowest BCUT2D eigenvalue weighted by Gasteiger charge is -2.27. The quantitative estimate of drug-likeness (QED) is 0.861. The number of methoxy groups -OCH3 is 1.